The molecule has 2 aliphatic heterocycles. The van der Waals surface area contributed by atoms with Gasteiger partial charge in [-0.1, -0.05) is 43.2 Å². The Hall–Kier alpha value is -1.40. The van der Waals surface area contributed by atoms with Gasteiger partial charge in [0.05, 0.1) is 5.75 Å². The number of nitrogens with zero attached hydrogens (tertiary/aromatic N) is 2. The van der Waals surface area contributed by atoms with Crippen molar-refractivity contribution < 1.29 is 13.2 Å². The maximum Gasteiger partial charge on any atom is 0.225 e. The second-order valence-corrected chi connectivity index (χ2v) is 9.12. The maximum atomic E-state index is 12.7. The highest BCUT2D eigenvalue weighted by Crippen LogP contribution is 2.24. The zero-order valence-electron chi connectivity index (χ0n) is 14.8. The average Bonchev–Trinajstić information content (AvgIpc) is 2.91. The van der Waals surface area contributed by atoms with Crippen molar-refractivity contribution in [3.05, 3.63) is 35.9 Å². The Balaban J connectivity index is 1.55. The van der Waals surface area contributed by atoms with Crippen molar-refractivity contribution in [2.45, 2.75) is 44.3 Å². The first-order chi connectivity index (χ1) is 12.1. The van der Waals surface area contributed by atoms with Crippen LogP contribution in [-0.2, 0) is 20.6 Å². The molecule has 0 aliphatic carbocycles. The van der Waals surface area contributed by atoms with Crippen molar-refractivity contribution in [3.8, 4) is 0 Å². The van der Waals surface area contributed by atoms with Crippen LogP contribution in [0.2, 0.25) is 0 Å². The highest BCUT2D eigenvalue weighted by molar-refractivity contribution is 7.88. The van der Waals surface area contributed by atoms with E-state index < -0.39 is 10.0 Å². The van der Waals surface area contributed by atoms with Gasteiger partial charge >= 0.3 is 0 Å². The lowest BCUT2D eigenvalue weighted by molar-refractivity contribution is -0.136. The Labute approximate surface area is 151 Å². The third-order valence-corrected chi connectivity index (χ3v) is 7.16. The molecule has 5 nitrogen and oxygen atoms in total. The van der Waals surface area contributed by atoms with E-state index in [1.54, 1.807) is 4.31 Å². The van der Waals surface area contributed by atoms with Crippen LogP contribution in [0.1, 0.15) is 44.1 Å². The number of hydrogen-bond acceptors (Lipinski definition) is 3. The summed E-state index contributed by atoms with van der Waals surface area (Å²) in [4.78, 5) is 14.7. The number of rotatable bonds is 4. The van der Waals surface area contributed by atoms with Crippen molar-refractivity contribution in [3.63, 3.8) is 0 Å². The van der Waals surface area contributed by atoms with Crippen LogP contribution < -0.4 is 0 Å². The zero-order valence-corrected chi connectivity index (χ0v) is 15.6. The molecule has 2 heterocycles. The second kappa shape index (κ2) is 8.32. The van der Waals surface area contributed by atoms with E-state index >= 15 is 0 Å². The molecule has 0 atom stereocenters. The van der Waals surface area contributed by atoms with Gasteiger partial charge in [0.2, 0.25) is 15.9 Å². The molecule has 138 valence electrons. The molecule has 0 saturated carbocycles. The minimum absolute atomic E-state index is 0.0127. The third kappa shape index (κ3) is 4.82. The van der Waals surface area contributed by atoms with Crippen molar-refractivity contribution >= 4 is 15.9 Å². The van der Waals surface area contributed by atoms with E-state index in [1.165, 1.54) is 12.8 Å². The molecular formula is C19H28N2O3S. The summed E-state index contributed by atoms with van der Waals surface area (Å²) in [7, 11) is -3.31. The third-order valence-electron chi connectivity index (χ3n) is 5.31. The quantitative estimate of drug-likeness (QED) is 0.825. The molecule has 0 spiro atoms. The Morgan fingerprint density at radius 3 is 2.12 bits per heavy atom. The van der Waals surface area contributed by atoms with Crippen LogP contribution >= 0.6 is 0 Å². The molecule has 0 bridgehead atoms. The van der Waals surface area contributed by atoms with Gasteiger partial charge in [-0.25, -0.2) is 12.7 Å². The predicted molar refractivity (Wildman–Crippen MR) is 98.4 cm³/mol. The number of amides is 1. The summed E-state index contributed by atoms with van der Waals surface area (Å²) in [6.07, 6.45) is 5.89. The molecule has 6 heteroatoms. The summed E-state index contributed by atoms with van der Waals surface area (Å²) >= 11 is 0. The lowest BCUT2D eigenvalue weighted by Crippen LogP contribution is -2.44. The predicted octanol–water partition coefficient (Wildman–Crippen LogP) is 2.63. The van der Waals surface area contributed by atoms with Gasteiger partial charge in [0, 0.05) is 32.1 Å². The van der Waals surface area contributed by atoms with E-state index in [0.29, 0.717) is 25.9 Å². The van der Waals surface area contributed by atoms with Crippen molar-refractivity contribution in [2.24, 2.45) is 5.92 Å². The number of piperidine rings is 1. The summed E-state index contributed by atoms with van der Waals surface area (Å²) in [5.74, 6) is 0.266. The van der Waals surface area contributed by atoms with Crippen LogP contribution in [0.3, 0.4) is 0 Å². The maximum absolute atomic E-state index is 12.7. The number of carbonyl (C=O) groups is 1. The molecule has 25 heavy (non-hydrogen) atoms. The van der Waals surface area contributed by atoms with Crippen LogP contribution in [0.4, 0.5) is 0 Å². The molecule has 1 amide bonds. The lowest BCUT2D eigenvalue weighted by atomic mass is 9.96. The summed E-state index contributed by atoms with van der Waals surface area (Å²) < 4.78 is 26.8. The highest BCUT2D eigenvalue weighted by atomic mass is 32.2. The molecule has 3 rings (SSSR count). The largest absolute Gasteiger partial charge is 0.342 e. The molecule has 0 N–H and O–H groups in total. The first kappa shape index (κ1) is 18.4. The van der Waals surface area contributed by atoms with Crippen LogP contribution in [0, 0.1) is 5.92 Å². The first-order valence-corrected chi connectivity index (χ1v) is 11.0. The molecule has 0 radical (unpaired) electrons. The fourth-order valence-corrected chi connectivity index (χ4v) is 5.37. The number of hydrogen-bond donors (Lipinski definition) is 0. The molecule has 2 fully saturated rings. The van der Waals surface area contributed by atoms with Crippen LogP contribution in [0.5, 0.6) is 0 Å². The minimum atomic E-state index is -3.31. The fourth-order valence-electron chi connectivity index (χ4n) is 3.81. The van der Waals surface area contributed by atoms with Gasteiger partial charge in [-0.05, 0) is 31.2 Å². The Bertz CT molecular complexity index is 659. The van der Waals surface area contributed by atoms with Crippen molar-refractivity contribution in [1.29, 1.82) is 0 Å². The number of carbonyl (C=O) groups excluding carboxylic acids is 1. The number of likely N-dealkylation sites (tertiary alicyclic amines) is 1. The van der Waals surface area contributed by atoms with Gasteiger partial charge in [-0.2, -0.15) is 0 Å². The summed E-state index contributed by atoms with van der Waals surface area (Å²) in [5, 5.41) is 0. The Morgan fingerprint density at radius 1 is 0.920 bits per heavy atom. The normalized spacial score (nSPS) is 21.0. The molecule has 0 aromatic heterocycles. The average molecular weight is 365 g/mol. The monoisotopic (exact) mass is 364 g/mol. The fraction of sp³-hybridized carbons (Fsp3) is 0.632. The van der Waals surface area contributed by atoms with Gasteiger partial charge in [-0.3, -0.25) is 4.79 Å². The van der Waals surface area contributed by atoms with Crippen LogP contribution in [0.15, 0.2) is 30.3 Å². The van der Waals surface area contributed by atoms with E-state index in [1.807, 2.05) is 35.2 Å². The molecule has 2 saturated heterocycles. The number of sulfonamides is 1. The van der Waals surface area contributed by atoms with E-state index in [9.17, 15) is 13.2 Å². The molecule has 1 aromatic rings. The van der Waals surface area contributed by atoms with Crippen molar-refractivity contribution in [2.75, 3.05) is 26.2 Å². The summed E-state index contributed by atoms with van der Waals surface area (Å²) in [5.41, 5.74) is 0.810. The number of benzene rings is 1. The molecule has 2 aliphatic rings. The SMILES string of the molecule is O=C(C1CCN(S(=O)(=O)Cc2ccccc2)CC1)N1CCCCCC1. The van der Waals surface area contributed by atoms with Crippen molar-refractivity contribution in [1.82, 2.24) is 9.21 Å². The van der Waals surface area contributed by atoms with Gasteiger partial charge in [-0.15, -0.1) is 0 Å². The smallest absolute Gasteiger partial charge is 0.225 e. The summed E-state index contributed by atoms with van der Waals surface area (Å²) in [6, 6.07) is 9.28. The van der Waals surface area contributed by atoms with Gasteiger partial charge in [0.15, 0.2) is 0 Å². The van der Waals surface area contributed by atoms with Gasteiger partial charge in [0.25, 0.3) is 0 Å². The van der Waals surface area contributed by atoms with E-state index in [2.05, 4.69) is 0 Å². The van der Waals surface area contributed by atoms with Crippen LogP contribution in [-0.4, -0.2) is 49.7 Å². The highest BCUT2D eigenvalue weighted by Gasteiger charge is 2.33. The van der Waals surface area contributed by atoms with Crippen LogP contribution in [0.25, 0.3) is 0 Å². The second-order valence-electron chi connectivity index (χ2n) is 7.15. The molecule has 1 aromatic carbocycles. The van der Waals surface area contributed by atoms with Gasteiger partial charge < -0.3 is 4.90 Å². The molecular weight excluding hydrogens is 336 g/mol. The zero-order chi connectivity index (χ0) is 17.7. The standard InChI is InChI=1S/C19H28N2O3S/c22-19(20-12-6-1-2-7-13-20)18-10-14-21(15-11-18)25(23,24)16-17-8-4-3-5-9-17/h3-5,8-9,18H,1-2,6-7,10-16H2. The van der Waals surface area contributed by atoms with Gasteiger partial charge in [0.1, 0.15) is 0 Å². The van der Waals surface area contributed by atoms with E-state index in [0.717, 1.165) is 31.5 Å². The lowest BCUT2D eigenvalue weighted by Gasteiger charge is -2.33. The Morgan fingerprint density at radius 2 is 1.52 bits per heavy atom. The first-order valence-electron chi connectivity index (χ1n) is 9.37. The topological polar surface area (TPSA) is 57.7 Å². The molecule has 0 unspecified atom stereocenters. The minimum Gasteiger partial charge on any atom is -0.342 e. The van der Waals surface area contributed by atoms with E-state index in [4.69, 9.17) is 0 Å². The Kier molecular flexibility index (Phi) is 6.12. The van der Waals surface area contributed by atoms with E-state index in [-0.39, 0.29) is 17.6 Å². The summed E-state index contributed by atoms with van der Waals surface area (Å²) in [6.45, 7) is 2.65.